The molecular formula is C24H29N5O2. The first-order valence-corrected chi connectivity index (χ1v) is 11.5. The van der Waals surface area contributed by atoms with Gasteiger partial charge in [-0.05, 0) is 57.6 Å². The van der Waals surface area contributed by atoms with E-state index in [0.717, 1.165) is 62.0 Å². The van der Waals surface area contributed by atoms with Gasteiger partial charge in [0, 0.05) is 36.3 Å². The molecule has 2 amide bonds. The lowest BCUT2D eigenvalue weighted by Crippen LogP contribution is -2.44. The number of aromatic nitrogens is 3. The fourth-order valence-corrected chi connectivity index (χ4v) is 4.92. The summed E-state index contributed by atoms with van der Waals surface area (Å²) in [6.07, 6.45) is 8.98. The molecule has 1 unspecified atom stereocenters. The zero-order valence-corrected chi connectivity index (χ0v) is 18.1. The summed E-state index contributed by atoms with van der Waals surface area (Å²) >= 11 is 0. The molecule has 0 radical (unpaired) electrons. The molecule has 7 heteroatoms. The topological polar surface area (TPSA) is 79.3 Å². The number of likely N-dealkylation sites (tertiary alicyclic amines) is 1. The summed E-state index contributed by atoms with van der Waals surface area (Å²) in [4.78, 5) is 43.9. The number of carbonyl (C=O) groups excluding carboxylic acids is 2. The Morgan fingerprint density at radius 1 is 1.10 bits per heavy atom. The van der Waals surface area contributed by atoms with Gasteiger partial charge in [0.2, 0.25) is 11.8 Å². The minimum atomic E-state index is -0.0976. The van der Waals surface area contributed by atoms with Crippen LogP contribution in [-0.2, 0) is 22.6 Å². The summed E-state index contributed by atoms with van der Waals surface area (Å²) in [6.45, 7) is 3.17. The third-order valence-electron chi connectivity index (χ3n) is 6.94. The summed E-state index contributed by atoms with van der Waals surface area (Å²) in [7, 11) is 0. The van der Waals surface area contributed by atoms with Crippen molar-refractivity contribution in [2.24, 2.45) is 5.92 Å². The van der Waals surface area contributed by atoms with Gasteiger partial charge in [0.1, 0.15) is 5.82 Å². The van der Waals surface area contributed by atoms with Crippen molar-refractivity contribution < 1.29 is 9.59 Å². The van der Waals surface area contributed by atoms with Gasteiger partial charge >= 0.3 is 0 Å². The number of rotatable bonds is 4. The molecule has 0 spiro atoms. The molecule has 0 bridgehead atoms. The number of hydrogen-bond donors (Lipinski definition) is 0. The normalized spacial score (nSPS) is 21.6. The van der Waals surface area contributed by atoms with Crippen molar-refractivity contribution in [1.82, 2.24) is 19.9 Å². The molecule has 2 aromatic rings. The van der Waals surface area contributed by atoms with Crippen molar-refractivity contribution in [2.75, 3.05) is 11.4 Å². The molecule has 0 aromatic carbocycles. The van der Waals surface area contributed by atoms with Crippen LogP contribution < -0.4 is 4.90 Å². The molecule has 3 aliphatic rings. The Labute approximate surface area is 182 Å². The molecule has 2 aliphatic heterocycles. The molecule has 162 valence electrons. The van der Waals surface area contributed by atoms with Crippen LogP contribution >= 0.6 is 0 Å². The van der Waals surface area contributed by atoms with E-state index in [9.17, 15) is 9.59 Å². The van der Waals surface area contributed by atoms with E-state index in [-0.39, 0.29) is 23.8 Å². The van der Waals surface area contributed by atoms with Crippen LogP contribution in [0.25, 0.3) is 0 Å². The van der Waals surface area contributed by atoms with Gasteiger partial charge in [0.05, 0.1) is 18.3 Å². The van der Waals surface area contributed by atoms with Gasteiger partial charge in [0.15, 0.2) is 5.82 Å². The van der Waals surface area contributed by atoms with E-state index in [4.69, 9.17) is 9.97 Å². The Bertz CT molecular complexity index is 989. The van der Waals surface area contributed by atoms with Gasteiger partial charge in [-0.3, -0.25) is 19.5 Å². The molecule has 0 N–H and O–H groups in total. The maximum absolute atomic E-state index is 13.1. The highest BCUT2D eigenvalue weighted by Gasteiger charge is 2.37. The summed E-state index contributed by atoms with van der Waals surface area (Å²) in [5.74, 6) is 1.88. The number of aryl methyl sites for hydroxylation is 1. The molecule has 1 saturated carbocycles. The lowest BCUT2D eigenvalue weighted by molar-refractivity contribution is -0.142. The van der Waals surface area contributed by atoms with Gasteiger partial charge in [-0.15, -0.1) is 0 Å². The van der Waals surface area contributed by atoms with E-state index in [0.29, 0.717) is 31.0 Å². The molecule has 1 atom stereocenters. The fraction of sp³-hybridized carbons (Fsp3) is 0.542. The predicted octanol–water partition coefficient (Wildman–Crippen LogP) is 3.51. The van der Waals surface area contributed by atoms with Crippen molar-refractivity contribution in [1.29, 1.82) is 0 Å². The molecule has 5 rings (SSSR count). The Balaban J connectivity index is 1.50. The smallest absolute Gasteiger partial charge is 0.228 e. The number of hydrogen-bond acceptors (Lipinski definition) is 5. The molecule has 1 aliphatic carbocycles. The van der Waals surface area contributed by atoms with Gasteiger partial charge in [-0.2, -0.15) is 0 Å². The summed E-state index contributed by atoms with van der Waals surface area (Å²) in [5.41, 5.74) is 2.79. The van der Waals surface area contributed by atoms with E-state index in [1.54, 1.807) is 11.1 Å². The Hall–Kier alpha value is -2.83. The van der Waals surface area contributed by atoms with Crippen LogP contribution in [0.4, 0.5) is 5.82 Å². The second-order valence-electron chi connectivity index (χ2n) is 8.94. The van der Waals surface area contributed by atoms with E-state index >= 15 is 0 Å². The molecule has 4 heterocycles. The van der Waals surface area contributed by atoms with Crippen LogP contribution in [0.2, 0.25) is 0 Å². The number of piperidine rings is 1. The first kappa shape index (κ1) is 20.1. The molecule has 1 saturated heterocycles. The van der Waals surface area contributed by atoms with Crippen molar-refractivity contribution in [2.45, 2.75) is 70.9 Å². The third kappa shape index (κ3) is 3.82. The minimum absolute atomic E-state index is 0.0632. The third-order valence-corrected chi connectivity index (χ3v) is 6.94. The number of fused-ring (bicyclic) bond motifs is 1. The van der Waals surface area contributed by atoms with Crippen LogP contribution in [0.3, 0.4) is 0 Å². The lowest BCUT2D eigenvalue weighted by Gasteiger charge is -2.39. The second-order valence-corrected chi connectivity index (χ2v) is 8.94. The Kier molecular flexibility index (Phi) is 5.42. The second kappa shape index (κ2) is 8.36. The van der Waals surface area contributed by atoms with E-state index in [1.165, 1.54) is 0 Å². The van der Waals surface area contributed by atoms with Gasteiger partial charge in [-0.1, -0.05) is 12.5 Å². The first-order valence-electron chi connectivity index (χ1n) is 11.5. The van der Waals surface area contributed by atoms with Crippen LogP contribution in [0, 0.1) is 12.8 Å². The molecule has 31 heavy (non-hydrogen) atoms. The predicted molar refractivity (Wildman–Crippen MR) is 116 cm³/mol. The monoisotopic (exact) mass is 419 g/mol. The van der Waals surface area contributed by atoms with E-state index < -0.39 is 0 Å². The Morgan fingerprint density at radius 3 is 2.71 bits per heavy atom. The zero-order valence-electron chi connectivity index (χ0n) is 18.1. The SMILES string of the molecule is Cc1nc(C2CCCCN2C(=O)C2CCC2)nc2c1CCC(=O)N2Cc1ccccn1. The molecule has 2 fully saturated rings. The largest absolute Gasteiger partial charge is 0.332 e. The fourth-order valence-electron chi connectivity index (χ4n) is 4.92. The van der Waals surface area contributed by atoms with E-state index in [2.05, 4.69) is 4.98 Å². The van der Waals surface area contributed by atoms with Gasteiger partial charge < -0.3 is 4.90 Å². The quantitative estimate of drug-likeness (QED) is 0.758. The summed E-state index contributed by atoms with van der Waals surface area (Å²) in [6, 6.07) is 5.63. The number of nitrogens with zero attached hydrogens (tertiary/aromatic N) is 5. The molecule has 2 aromatic heterocycles. The number of amides is 2. The average molecular weight is 420 g/mol. The zero-order chi connectivity index (χ0) is 21.4. The number of anilines is 1. The van der Waals surface area contributed by atoms with Crippen molar-refractivity contribution >= 4 is 17.6 Å². The standard InChI is InChI=1S/C24H29N5O2/c1-16-19-11-12-21(30)29(15-18-9-2-4-13-25-18)23(19)27-22(26-16)20-10-3-5-14-28(20)24(31)17-7-6-8-17/h2,4,9,13,17,20H,3,5-8,10-12,14-15H2,1H3. The summed E-state index contributed by atoms with van der Waals surface area (Å²) < 4.78 is 0. The van der Waals surface area contributed by atoms with Crippen LogP contribution in [-0.4, -0.2) is 38.2 Å². The Morgan fingerprint density at radius 2 is 1.97 bits per heavy atom. The highest BCUT2D eigenvalue weighted by molar-refractivity contribution is 5.95. The maximum Gasteiger partial charge on any atom is 0.228 e. The molecule has 7 nitrogen and oxygen atoms in total. The number of carbonyl (C=O) groups is 2. The van der Waals surface area contributed by atoms with Crippen molar-refractivity contribution in [3.05, 3.63) is 47.2 Å². The number of pyridine rings is 1. The highest BCUT2D eigenvalue weighted by atomic mass is 16.2. The maximum atomic E-state index is 13.1. The summed E-state index contributed by atoms with van der Waals surface area (Å²) in [5, 5.41) is 0. The van der Waals surface area contributed by atoms with Crippen LogP contribution in [0.5, 0.6) is 0 Å². The van der Waals surface area contributed by atoms with Gasteiger partial charge in [-0.25, -0.2) is 9.97 Å². The highest BCUT2D eigenvalue weighted by Crippen LogP contribution is 2.37. The van der Waals surface area contributed by atoms with Crippen molar-refractivity contribution in [3.8, 4) is 0 Å². The van der Waals surface area contributed by atoms with Crippen molar-refractivity contribution in [3.63, 3.8) is 0 Å². The van der Waals surface area contributed by atoms with E-state index in [1.807, 2.05) is 30.0 Å². The van der Waals surface area contributed by atoms with Crippen LogP contribution in [0.15, 0.2) is 24.4 Å². The first-order chi connectivity index (χ1) is 15.1. The van der Waals surface area contributed by atoms with Crippen LogP contribution in [0.1, 0.15) is 73.8 Å². The minimum Gasteiger partial charge on any atom is -0.332 e. The molecular weight excluding hydrogens is 390 g/mol. The average Bonchev–Trinajstić information content (AvgIpc) is 2.75. The lowest BCUT2D eigenvalue weighted by atomic mass is 9.83. The van der Waals surface area contributed by atoms with Gasteiger partial charge in [0.25, 0.3) is 0 Å².